The van der Waals surface area contributed by atoms with Gasteiger partial charge in [0.2, 0.25) is 5.91 Å². The first-order valence-electron chi connectivity index (χ1n) is 11.7. The number of amides is 3. The summed E-state index contributed by atoms with van der Waals surface area (Å²) in [5.74, 6) is -0.399. The van der Waals surface area contributed by atoms with Crippen LogP contribution in [0.5, 0.6) is 0 Å². The van der Waals surface area contributed by atoms with E-state index in [0.717, 1.165) is 23.1 Å². The van der Waals surface area contributed by atoms with Crippen molar-refractivity contribution in [2.24, 2.45) is 0 Å². The summed E-state index contributed by atoms with van der Waals surface area (Å²) in [5, 5.41) is 9.96. The normalized spacial score (nSPS) is 10.9. The second kappa shape index (κ2) is 11.7. The molecule has 0 atom stereocenters. The first kappa shape index (κ1) is 23.1. The molecule has 0 fully saturated rings. The smallest absolute Gasteiger partial charge is 0.314 e. The van der Waals surface area contributed by atoms with Crippen molar-refractivity contribution in [3.05, 3.63) is 108 Å². The van der Waals surface area contributed by atoms with Gasteiger partial charge in [-0.1, -0.05) is 78.9 Å². The fourth-order valence-corrected chi connectivity index (χ4v) is 4.10. The van der Waals surface area contributed by atoms with Gasteiger partial charge in [-0.2, -0.15) is 0 Å². The molecule has 0 aliphatic carbocycles. The highest BCUT2D eigenvalue weighted by atomic mass is 16.2. The Morgan fingerprint density at radius 3 is 2.00 bits per heavy atom. The summed E-state index contributed by atoms with van der Waals surface area (Å²) in [7, 11) is 0. The fourth-order valence-electron chi connectivity index (χ4n) is 4.10. The van der Waals surface area contributed by atoms with Crippen molar-refractivity contribution >= 4 is 22.8 Å². The van der Waals surface area contributed by atoms with E-state index in [1.54, 1.807) is 0 Å². The third-order valence-corrected chi connectivity index (χ3v) is 5.82. The third-order valence-electron chi connectivity index (χ3n) is 5.82. The monoisotopic (exact) mass is 454 g/mol. The highest BCUT2D eigenvalue weighted by molar-refractivity contribution is 5.87. The Kier molecular flexibility index (Phi) is 7.95. The van der Waals surface area contributed by atoms with Crippen LogP contribution < -0.4 is 16.0 Å². The molecule has 6 heteroatoms. The van der Waals surface area contributed by atoms with E-state index in [9.17, 15) is 9.59 Å². The van der Waals surface area contributed by atoms with Crippen LogP contribution in [-0.2, 0) is 11.2 Å². The molecule has 0 aliphatic heterocycles. The fraction of sp³-hybridized carbons (Fsp3) is 0.214. The number of H-pyrrole nitrogens is 1. The molecule has 4 N–H and O–H groups in total. The van der Waals surface area contributed by atoms with Crippen LogP contribution in [0.2, 0.25) is 0 Å². The van der Waals surface area contributed by atoms with Crippen LogP contribution in [-0.4, -0.2) is 36.6 Å². The van der Waals surface area contributed by atoms with Crippen molar-refractivity contribution in [2.45, 2.75) is 18.8 Å². The summed E-state index contributed by atoms with van der Waals surface area (Å²) in [5.41, 5.74) is 4.20. The van der Waals surface area contributed by atoms with Gasteiger partial charge in [-0.3, -0.25) is 4.79 Å². The number of rotatable bonds is 10. The first-order chi connectivity index (χ1) is 16.7. The number of carbonyl (C=O) groups excluding carboxylic acids is 2. The van der Waals surface area contributed by atoms with E-state index in [1.165, 1.54) is 10.9 Å². The number of aromatic nitrogens is 1. The lowest BCUT2D eigenvalue weighted by Crippen LogP contribution is -2.38. The molecular formula is C28H30N4O2. The summed E-state index contributed by atoms with van der Waals surface area (Å²) in [6, 6.07) is 27.5. The summed E-state index contributed by atoms with van der Waals surface area (Å²) in [6.07, 6.45) is 3.40. The van der Waals surface area contributed by atoms with Crippen molar-refractivity contribution in [3.8, 4) is 0 Å². The Hall–Kier alpha value is -4.06. The van der Waals surface area contributed by atoms with E-state index in [2.05, 4.69) is 27.0 Å². The molecular weight excluding hydrogens is 424 g/mol. The molecule has 0 aliphatic rings. The molecule has 0 unspecified atom stereocenters. The summed E-state index contributed by atoms with van der Waals surface area (Å²) < 4.78 is 0. The molecule has 1 heterocycles. The number of hydrogen-bond donors (Lipinski definition) is 4. The predicted octanol–water partition coefficient (Wildman–Crippen LogP) is 4.35. The van der Waals surface area contributed by atoms with Gasteiger partial charge in [0.25, 0.3) is 0 Å². The van der Waals surface area contributed by atoms with Crippen LogP contribution >= 0.6 is 0 Å². The molecule has 0 bridgehead atoms. The van der Waals surface area contributed by atoms with Gasteiger partial charge in [0.05, 0.1) is 5.92 Å². The predicted molar refractivity (Wildman–Crippen MR) is 136 cm³/mol. The maximum absolute atomic E-state index is 13.0. The van der Waals surface area contributed by atoms with Crippen molar-refractivity contribution in [1.29, 1.82) is 0 Å². The number of aromatic amines is 1. The van der Waals surface area contributed by atoms with Gasteiger partial charge < -0.3 is 20.9 Å². The van der Waals surface area contributed by atoms with Crippen LogP contribution in [0.25, 0.3) is 10.9 Å². The number of hydrogen-bond acceptors (Lipinski definition) is 2. The number of benzene rings is 3. The molecule has 0 saturated carbocycles. The molecule has 4 aromatic rings. The quantitative estimate of drug-likeness (QED) is 0.269. The Morgan fingerprint density at radius 1 is 0.706 bits per heavy atom. The van der Waals surface area contributed by atoms with Gasteiger partial charge >= 0.3 is 6.03 Å². The maximum atomic E-state index is 13.0. The average molecular weight is 455 g/mol. The largest absolute Gasteiger partial charge is 0.361 e. The van der Waals surface area contributed by atoms with Gasteiger partial charge in [-0.05, 0) is 35.6 Å². The number of fused-ring (bicyclic) bond motifs is 1. The van der Waals surface area contributed by atoms with Gasteiger partial charge in [0, 0.05) is 36.7 Å². The molecule has 174 valence electrons. The SMILES string of the molecule is O=C(NCCCNC(=O)C(c1ccccc1)c1ccccc1)NCCc1c[nH]c2ccccc12. The Labute approximate surface area is 199 Å². The minimum atomic E-state index is -0.358. The summed E-state index contributed by atoms with van der Waals surface area (Å²) in [6.45, 7) is 1.53. The molecule has 4 rings (SSSR count). The third kappa shape index (κ3) is 6.04. The van der Waals surface area contributed by atoms with Gasteiger partial charge in [-0.15, -0.1) is 0 Å². The van der Waals surface area contributed by atoms with Crippen molar-refractivity contribution in [1.82, 2.24) is 20.9 Å². The van der Waals surface area contributed by atoms with E-state index in [4.69, 9.17) is 0 Å². The lowest BCUT2D eigenvalue weighted by Gasteiger charge is -2.18. The maximum Gasteiger partial charge on any atom is 0.314 e. The van der Waals surface area contributed by atoms with Gasteiger partial charge in [0.1, 0.15) is 0 Å². The second-order valence-corrected chi connectivity index (χ2v) is 8.19. The highest BCUT2D eigenvalue weighted by Crippen LogP contribution is 2.24. The summed E-state index contributed by atoms with van der Waals surface area (Å²) >= 11 is 0. The van der Waals surface area contributed by atoms with Crippen LogP contribution in [0.1, 0.15) is 29.0 Å². The van der Waals surface area contributed by atoms with E-state index < -0.39 is 0 Å². The van der Waals surface area contributed by atoms with Crippen molar-refractivity contribution < 1.29 is 9.59 Å². The van der Waals surface area contributed by atoms with Crippen molar-refractivity contribution in [3.63, 3.8) is 0 Å². The molecule has 0 spiro atoms. The van der Waals surface area contributed by atoms with Crippen LogP contribution in [0.3, 0.4) is 0 Å². The Morgan fingerprint density at radius 2 is 1.29 bits per heavy atom. The van der Waals surface area contributed by atoms with Crippen LogP contribution in [0.4, 0.5) is 4.79 Å². The molecule has 1 aromatic heterocycles. The molecule has 3 aromatic carbocycles. The Balaban J connectivity index is 1.18. The Bertz CT molecular complexity index is 1170. The zero-order valence-electron chi connectivity index (χ0n) is 19.1. The highest BCUT2D eigenvalue weighted by Gasteiger charge is 2.21. The van der Waals surface area contributed by atoms with Gasteiger partial charge in [-0.25, -0.2) is 4.79 Å². The van der Waals surface area contributed by atoms with Crippen LogP contribution in [0.15, 0.2) is 91.1 Å². The molecule has 3 amide bonds. The minimum Gasteiger partial charge on any atom is -0.361 e. The number of carbonyl (C=O) groups is 2. The van der Waals surface area contributed by atoms with Crippen molar-refractivity contribution in [2.75, 3.05) is 19.6 Å². The van der Waals surface area contributed by atoms with E-state index in [1.807, 2.05) is 85.1 Å². The molecule has 6 nitrogen and oxygen atoms in total. The van der Waals surface area contributed by atoms with Crippen LogP contribution in [0, 0.1) is 0 Å². The topological polar surface area (TPSA) is 86.0 Å². The number of urea groups is 1. The second-order valence-electron chi connectivity index (χ2n) is 8.19. The minimum absolute atomic E-state index is 0.0411. The van der Waals surface area contributed by atoms with E-state index >= 15 is 0 Å². The van der Waals surface area contributed by atoms with Gasteiger partial charge in [0.15, 0.2) is 0 Å². The number of para-hydroxylation sites is 1. The zero-order valence-corrected chi connectivity index (χ0v) is 19.1. The standard InChI is InChI=1S/C28H30N4O2/c33-27(26(21-10-3-1-4-11-21)22-12-5-2-6-13-22)29-17-9-18-30-28(34)31-19-16-23-20-32-25-15-8-7-14-24(23)25/h1-8,10-15,20,26,32H,9,16-19H2,(H,29,33)(H2,30,31,34). The summed E-state index contributed by atoms with van der Waals surface area (Å²) in [4.78, 5) is 28.3. The number of nitrogens with one attached hydrogen (secondary N) is 4. The molecule has 0 radical (unpaired) electrons. The lowest BCUT2D eigenvalue weighted by molar-refractivity contribution is -0.121. The van der Waals surface area contributed by atoms with E-state index in [-0.39, 0.29) is 17.9 Å². The molecule has 0 saturated heterocycles. The molecule has 34 heavy (non-hydrogen) atoms. The zero-order chi connectivity index (χ0) is 23.6. The van der Waals surface area contributed by atoms with E-state index in [0.29, 0.717) is 26.1 Å². The lowest BCUT2D eigenvalue weighted by atomic mass is 9.90. The average Bonchev–Trinajstić information content (AvgIpc) is 3.28. The first-order valence-corrected chi connectivity index (χ1v) is 11.7.